The molecular formula is C5H9NO. The second-order valence-electron chi connectivity index (χ2n) is 1.74. The molecule has 7 heavy (non-hydrogen) atoms. The Kier molecular flexibility index (Phi) is 1.79. The number of aliphatic hydroxyl groups is 1. The van der Waals surface area contributed by atoms with E-state index in [-0.39, 0.29) is 0 Å². The van der Waals surface area contributed by atoms with Gasteiger partial charge in [-0.2, -0.15) is 5.26 Å². The zero-order valence-corrected chi connectivity index (χ0v) is 4.60. The molecule has 0 aromatic rings. The number of rotatable bonds is 1. The molecule has 0 fully saturated rings. The van der Waals surface area contributed by atoms with Crippen LogP contribution in [-0.2, 0) is 0 Å². The van der Waals surface area contributed by atoms with Gasteiger partial charge in [0.2, 0.25) is 0 Å². The van der Waals surface area contributed by atoms with Crippen LogP contribution in [0.2, 0.25) is 0 Å². The van der Waals surface area contributed by atoms with Crippen molar-refractivity contribution in [1.29, 1.82) is 5.26 Å². The fourth-order valence-corrected chi connectivity index (χ4v) is 0.0791. The predicted molar refractivity (Wildman–Crippen MR) is 26.5 cm³/mol. The molecule has 0 radical (unpaired) electrons. The molecule has 0 amide bonds. The molecular weight excluding hydrogens is 90.1 g/mol. The summed E-state index contributed by atoms with van der Waals surface area (Å²) < 4.78 is 0. The highest BCUT2D eigenvalue weighted by atomic mass is 16.3. The average molecular weight is 99.1 g/mol. The topological polar surface area (TPSA) is 44.0 Å². The van der Waals surface area contributed by atoms with Crippen LogP contribution in [0, 0.1) is 11.3 Å². The number of nitrogens with zero attached hydrogens (tertiary/aromatic N) is 1. The number of nitriles is 1. The van der Waals surface area contributed by atoms with Crippen LogP contribution >= 0.6 is 0 Å². The van der Waals surface area contributed by atoms with E-state index in [0.717, 1.165) is 0 Å². The standard InChI is InChI=1S/C5H9NO/c1-3-5(2,7)4-6/h7H,3H2,1-2H3/t5-/m0/s1. The van der Waals surface area contributed by atoms with Crippen molar-refractivity contribution in [2.24, 2.45) is 0 Å². The summed E-state index contributed by atoms with van der Waals surface area (Å²) in [6, 6.07) is 1.75. The zero-order valence-electron chi connectivity index (χ0n) is 4.60. The van der Waals surface area contributed by atoms with Gasteiger partial charge >= 0.3 is 0 Å². The molecule has 0 bridgehead atoms. The first-order valence-electron chi connectivity index (χ1n) is 2.26. The average Bonchev–Trinajstić information content (AvgIpc) is 1.68. The second kappa shape index (κ2) is 1.94. The molecule has 0 rings (SSSR count). The van der Waals surface area contributed by atoms with Crippen molar-refractivity contribution in [3.8, 4) is 6.07 Å². The molecule has 1 atom stereocenters. The van der Waals surface area contributed by atoms with E-state index < -0.39 is 5.60 Å². The van der Waals surface area contributed by atoms with Gasteiger partial charge in [-0.05, 0) is 13.3 Å². The van der Waals surface area contributed by atoms with Crippen molar-refractivity contribution in [2.75, 3.05) is 0 Å². The Bertz CT molecular complexity index is 90.7. The van der Waals surface area contributed by atoms with Crippen LogP contribution in [0.3, 0.4) is 0 Å². The molecule has 0 spiro atoms. The molecule has 0 aliphatic rings. The molecule has 0 aromatic heterocycles. The molecule has 0 heterocycles. The Morgan fingerprint density at radius 2 is 2.29 bits per heavy atom. The van der Waals surface area contributed by atoms with Gasteiger partial charge in [-0.15, -0.1) is 0 Å². The van der Waals surface area contributed by atoms with Crippen LogP contribution in [0.25, 0.3) is 0 Å². The summed E-state index contributed by atoms with van der Waals surface area (Å²) in [4.78, 5) is 0. The highest BCUT2D eigenvalue weighted by molar-refractivity contribution is 4.94. The Morgan fingerprint density at radius 1 is 1.86 bits per heavy atom. The minimum absolute atomic E-state index is 0.490. The summed E-state index contributed by atoms with van der Waals surface area (Å²) >= 11 is 0. The number of hydrogen-bond donors (Lipinski definition) is 1. The van der Waals surface area contributed by atoms with Crippen LogP contribution in [0.1, 0.15) is 20.3 Å². The van der Waals surface area contributed by atoms with E-state index in [1.165, 1.54) is 6.92 Å². The van der Waals surface area contributed by atoms with Crippen molar-refractivity contribution < 1.29 is 5.11 Å². The largest absolute Gasteiger partial charge is 0.376 e. The van der Waals surface area contributed by atoms with Crippen molar-refractivity contribution in [2.45, 2.75) is 25.9 Å². The fourth-order valence-electron chi connectivity index (χ4n) is 0.0791. The van der Waals surface area contributed by atoms with Gasteiger partial charge in [0.15, 0.2) is 0 Å². The summed E-state index contributed by atoms with van der Waals surface area (Å²) in [7, 11) is 0. The first-order valence-corrected chi connectivity index (χ1v) is 2.26. The van der Waals surface area contributed by atoms with Crippen LogP contribution in [0.4, 0.5) is 0 Å². The van der Waals surface area contributed by atoms with Gasteiger partial charge in [0, 0.05) is 0 Å². The molecule has 0 saturated heterocycles. The Labute approximate surface area is 43.4 Å². The lowest BCUT2D eigenvalue weighted by atomic mass is 10.1. The molecule has 2 heteroatoms. The normalized spacial score (nSPS) is 17.4. The SMILES string of the molecule is CC[C@](C)(O)C#N. The van der Waals surface area contributed by atoms with Crippen LogP contribution < -0.4 is 0 Å². The highest BCUT2D eigenvalue weighted by Crippen LogP contribution is 2.03. The van der Waals surface area contributed by atoms with E-state index in [0.29, 0.717) is 6.42 Å². The third kappa shape index (κ3) is 2.18. The van der Waals surface area contributed by atoms with Gasteiger partial charge in [-0.1, -0.05) is 6.92 Å². The van der Waals surface area contributed by atoms with Gasteiger partial charge in [-0.3, -0.25) is 0 Å². The first kappa shape index (κ1) is 6.45. The lowest BCUT2D eigenvalue weighted by Crippen LogP contribution is -2.18. The van der Waals surface area contributed by atoms with E-state index in [9.17, 15) is 0 Å². The van der Waals surface area contributed by atoms with E-state index in [1.807, 2.05) is 0 Å². The summed E-state index contributed by atoms with van der Waals surface area (Å²) in [6.07, 6.45) is 0.490. The number of hydrogen-bond acceptors (Lipinski definition) is 2. The van der Waals surface area contributed by atoms with Crippen molar-refractivity contribution in [3.63, 3.8) is 0 Å². The third-order valence-corrected chi connectivity index (χ3v) is 0.929. The van der Waals surface area contributed by atoms with E-state index in [4.69, 9.17) is 10.4 Å². The molecule has 0 unspecified atom stereocenters. The second-order valence-corrected chi connectivity index (χ2v) is 1.74. The van der Waals surface area contributed by atoms with Crippen LogP contribution in [0.15, 0.2) is 0 Å². The van der Waals surface area contributed by atoms with Gasteiger partial charge in [0.05, 0.1) is 6.07 Å². The Balaban J connectivity index is 3.66. The monoisotopic (exact) mass is 99.1 g/mol. The lowest BCUT2D eigenvalue weighted by molar-refractivity contribution is 0.116. The first-order chi connectivity index (χ1) is 3.12. The minimum atomic E-state index is -1.11. The van der Waals surface area contributed by atoms with Crippen molar-refractivity contribution in [1.82, 2.24) is 0 Å². The fraction of sp³-hybridized carbons (Fsp3) is 0.800. The Hall–Kier alpha value is -0.550. The third-order valence-electron chi connectivity index (χ3n) is 0.929. The van der Waals surface area contributed by atoms with Crippen LogP contribution in [-0.4, -0.2) is 10.7 Å². The van der Waals surface area contributed by atoms with Gasteiger partial charge < -0.3 is 5.11 Å². The van der Waals surface area contributed by atoms with Gasteiger partial charge in [-0.25, -0.2) is 0 Å². The maximum absolute atomic E-state index is 8.77. The minimum Gasteiger partial charge on any atom is -0.376 e. The maximum Gasteiger partial charge on any atom is 0.148 e. The summed E-state index contributed by atoms with van der Waals surface area (Å²) in [6.45, 7) is 3.26. The molecule has 0 aliphatic carbocycles. The van der Waals surface area contributed by atoms with Gasteiger partial charge in [0.1, 0.15) is 5.60 Å². The van der Waals surface area contributed by atoms with Crippen molar-refractivity contribution in [3.05, 3.63) is 0 Å². The molecule has 0 aliphatic heterocycles. The van der Waals surface area contributed by atoms with E-state index in [2.05, 4.69) is 0 Å². The van der Waals surface area contributed by atoms with Crippen molar-refractivity contribution >= 4 is 0 Å². The van der Waals surface area contributed by atoms with E-state index in [1.54, 1.807) is 13.0 Å². The zero-order chi connectivity index (χ0) is 5.91. The molecule has 40 valence electrons. The van der Waals surface area contributed by atoms with Crippen LogP contribution in [0.5, 0.6) is 0 Å². The van der Waals surface area contributed by atoms with E-state index >= 15 is 0 Å². The quantitative estimate of drug-likeness (QED) is 0.491. The molecule has 0 saturated carbocycles. The predicted octanol–water partition coefficient (Wildman–Crippen LogP) is 0.671. The summed E-state index contributed by atoms with van der Waals surface area (Å²) in [5, 5.41) is 16.9. The maximum atomic E-state index is 8.77. The summed E-state index contributed by atoms with van der Waals surface area (Å²) in [5.41, 5.74) is -1.11. The molecule has 1 N–H and O–H groups in total. The summed E-state index contributed by atoms with van der Waals surface area (Å²) in [5.74, 6) is 0. The smallest absolute Gasteiger partial charge is 0.148 e. The lowest BCUT2D eigenvalue weighted by Gasteiger charge is -2.07. The molecule has 2 nitrogen and oxygen atoms in total. The Morgan fingerprint density at radius 3 is 2.29 bits per heavy atom. The molecule has 0 aromatic carbocycles. The van der Waals surface area contributed by atoms with Gasteiger partial charge in [0.25, 0.3) is 0 Å². The highest BCUT2D eigenvalue weighted by Gasteiger charge is 2.13.